The molecule has 0 radical (unpaired) electrons. The molecule has 0 aromatic rings. The summed E-state index contributed by atoms with van der Waals surface area (Å²) in [6.45, 7) is 7.29. The molecule has 0 aromatic heterocycles. The van der Waals surface area contributed by atoms with E-state index >= 15 is 0 Å². The van der Waals surface area contributed by atoms with Gasteiger partial charge in [0, 0.05) is 6.54 Å². The lowest BCUT2D eigenvalue weighted by Crippen LogP contribution is -2.20. The summed E-state index contributed by atoms with van der Waals surface area (Å²) in [6, 6.07) is 0. The first-order valence-electron chi connectivity index (χ1n) is 3.96. The zero-order valence-electron chi connectivity index (χ0n) is 6.28. The summed E-state index contributed by atoms with van der Waals surface area (Å²) in [5.41, 5.74) is 0.750. The average Bonchev–Trinajstić information content (AvgIpc) is 2.38. The minimum Gasteiger partial charge on any atom is -0.316 e. The lowest BCUT2D eigenvalue weighted by atomic mass is 9.92. The van der Waals surface area contributed by atoms with Gasteiger partial charge in [0.15, 0.2) is 0 Å². The van der Waals surface area contributed by atoms with Gasteiger partial charge in [0.1, 0.15) is 0 Å². The van der Waals surface area contributed by atoms with Crippen molar-refractivity contribution in [2.75, 3.05) is 13.1 Å². The van der Waals surface area contributed by atoms with E-state index in [4.69, 9.17) is 0 Å². The topological polar surface area (TPSA) is 12.0 Å². The van der Waals surface area contributed by atoms with Gasteiger partial charge >= 0.3 is 0 Å². The fourth-order valence-corrected chi connectivity index (χ4v) is 2.28. The summed E-state index contributed by atoms with van der Waals surface area (Å²) in [6.07, 6.45) is 1.50. The van der Waals surface area contributed by atoms with Gasteiger partial charge in [-0.15, -0.1) is 0 Å². The Morgan fingerprint density at radius 1 is 1.56 bits per heavy atom. The Balaban J connectivity index is 2.10. The van der Waals surface area contributed by atoms with Crippen molar-refractivity contribution < 1.29 is 0 Å². The van der Waals surface area contributed by atoms with E-state index in [0.29, 0.717) is 0 Å². The maximum absolute atomic E-state index is 3.44. The highest BCUT2D eigenvalue weighted by Crippen LogP contribution is 2.59. The maximum Gasteiger partial charge on any atom is 0.00136 e. The molecule has 1 N–H and O–H groups in total. The van der Waals surface area contributed by atoms with E-state index in [9.17, 15) is 0 Å². The van der Waals surface area contributed by atoms with Crippen molar-refractivity contribution in [3.8, 4) is 0 Å². The first-order chi connectivity index (χ1) is 4.26. The number of fused-ring (bicyclic) bond motifs is 1. The summed E-state index contributed by atoms with van der Waals surface area (Å²) in [5.74, 6) is 1.94. The molecule has 2 fully saturated rings. The molecule has 52 valence electrons. The normalized spacial score (nSPS) is 47.7. The van der Waals surface area contributed by atoms with Crippen LogP contribution in [0.2, 0.25) is 0 Å². The van der Waals surface area contributed by atoms with Crippen LogP contribution in [-0.2, 0) is 0 Å². The lowest BCUT2D eigenvalue weighted by Gasteiger charge is -2.15. The van der Waals surface area contributed by atoms with E-state index in [1.807, 2.05) is 0 Å². The molecule has 1 nitrogen and oxygen atoms in total. The van der Waals surface area contributed by atoms with E-state index in [-0.39, 0.29) is 0 Å². The number of nitrogens with one attached hydrogen (secondary N) is 1. The molecule has 0 bridgehead atoms. The molecule has 2 aliphatic rings. The first-order valence-corrected chi connectivity index (χ1v) is 3.96. The smallest absolute Gasteiger partial charge is 0.00136 e. The Bertz CT molecular complexity index is 127. The van der Waals surface area contributed by atoms with Gasteiger partial charge in [-0.1, -0.05) is 13.8 Å². The summed E-state index contributed by atoms with van der Waals surface area (Å²) in [4.78, 5) is 0. The average molecular weight is 125 g/mol. The van der Waals surface area contributed by atoms with Crippen LogP contribution in [0.4, 0.5) is 0 Å². The Labute approximate surface area is 56.8 Å². The molecule has 1 heteroatoms. The van der Waals surface area contributed by atoms with Crippen molar-refractivity contribution in [3.05, 3.63) is 0 Å². The Kier molecular flexibility index (Phi) is 0.963. The molecule has 1 aliphatic heterocycles. The van der Waals surface area contributed by atoms with E-state index in [0.717, 1.165) is 17.3 Å². The Morgan fingerprint density at radius 2 is 2.33 bits per heavy atom. The monoisotopic (exact) mass is 125 g/mol. The standard InChI is InChI=1S/C8H15N/c1-6(2)8-3-7(8)4-9-5-8/h6-7,9H,3-5H2,1-2H3. The molecule has 0 spiro atoms. The highest BCUT2D eigenvalue weighted by molar-refractivity contribution is 5.10. The molecular formula is C8H15N. The van der Waals surface area contributed by atoms with E-state index in [1.165, 1.54) is 19.5 Å². The van der Waals surface area contributed by atoms with Gasteiger partial charge in [0.2, 0.25) is 0 Å². The maximum atomic E-state index is 3.44. The molecule has 0 amide bonds. The van der Waals surface area contributed by atoms with Crippen LogP contribution in [0, 0.1) is 17.3 Å². The fraction of sp³-hybridized carbons (Fsp3) is 1.00. The van der Waals surface area contributed by atoms with Crippen molar-refractivity contribution in [3.63, 3.8) is 0 Å². The lowest BCUT2D eigenvalue weighted by molar-refractivity contribution is 0.364. The molecular weight excluding hydrogens is 110 g/mol. The van der Waals surface area contributed by atoms with Crippen LogP contribution in [0.15, 0.2) is 0 Å². The molecule has 1 heterocycles. The van der Waals surface area contributed by atoms with Crippen molar-refractivity contribution in [2.24, 2.45) is 17.3 Å². The van der Waals surface area contributed by atoms with Gasteiger partial charge < -0.3 is 5.32 Å². The summed E-state index contributed by atoms with van der Waals surface area (Å²) in [5, 5.41) is 3.44. The second-order valence-corrected chi connectivity index (χ2v) is 3.92. The summed E-state index contributed by atoms with van der Waals surface area (Å²) >= 11 is 0. The van der Waals surface area contributed by atoms with Gasteiger partial charge in [0.25, 0.3) is 0 Å². The van der Waals surface area contributed by atoms with Crippen LogP contribution >= 0.6 is 0 Å². The van der Waals surface area contributed by atoms with Gasteiger partial charge in [-0.25, -0.2) is 0 Å². The second kappa shape index (κ2) is 1.51. The predicted molar refractivity (Wildman–Crippen MR) is 38.2 cm³/mol. The molecule has 2 rings (SSSR count). The van der Waals surface area contributed by atoms with Crippen LogP contribution in [0.5, 0.6) is 0 Å². The Hall–Kier alpha value is -0.0400. The molecule has 2 unspecified atom stereocenters. The van der Waals surface area contributed by atoms with Crippen LogP contribution in [0.25, 0.3) is 0 Å². The van der Waals surface area contributed by atoms with Gasteiger partial charge in [0.05, 0.1) is 0 Å². The van der Waals surface area contributed by atoms with Crippen LogP contribution in [0.3, 0.4) is 0 Å². The third-order valence-corrected chi connectivity index (χ3v) is 3.27. The molecule has 0 aromatic carbocycles. The molecule has 1 saturated carbocycles. The first kappa shape index (κ1) is 5.72. The van der Waals surface area contributed by atoms with Crippen LogP contribution in [0.1, 0.15) is 20.3 Å². The SMILES string of the molecule is CC(C)C12CNCC1C2. The Morgan fingerprint density at radius 3 is 2.56 bits per heavy atom. The number of rotatable bonds is 1. The number of hydrogen-bond acceptors (Lipinski definition) is 1. The second-order valence-electron chi connectivity index (χ2n) is 3.92. The van der Waals surface area contributed by atoms with E-state index in [2.05, 4.69) is 19.2 Å². The van der Waals surface area contributed by atoms with Gasteiger partial charge in [-0.3, -0.25) is 0 Å². The predicted octanol–water partition coefficient (Wildman–Crippen LogP) is 1.25. The van der Waals surface area contributed by atoms with Gasteiger partial charge in [-0.2, -0.15) is 0 Å². The van der Waals surface area contributed by atoms with Crippen molar-refractivity contribution in [1.29, 1.82) is 0 Å². The van der Waals surface area contributed by atoms with Crippen molar-refractivity contribution >= 4 is 0 Å². The number of piperidine rings is 1. The van der Waals surface area contributed by atoms with Crippen LogP contribution in [-0.4, -0.2) is 13.1 Å². The zero-order valence-corrected chi connectivity index (χ0v) is 6.28. The molecule has 9 heavy (non-hydrogen) atoms. The largest absolute Gasteiger partial charge is 0.316 e. The fourth-order valence-electron chi connectivity index (χ4n) is 2.28. The van der Waals surface area contributed by atoms with Crippen molar-refractivity contribution in [2.45, 2.75) is 20.3 Å². The number of hydrogen-bond donors (Lipinski definition) is 1. The highest BCUT2D eigenvalue weighted by Gasteiger charge is 2.58. The summed E-state index contributed by atoms with van der Waals surface area (Å²) in [7, 11) is 0. The van der Waals surface area contributed by atoms with Crippen molar-refractivity contribution in [1.82, 2.24) is 5.32 Å². The minimum absolute atomic E-state index is 0.750. The van der Waals surface area contributed by atoms with Crippen LogP contribution < -0.4 is 5.32 Å². The summed E-state index contributed by atoms with van der Waals surface area (Å²) < 4.78 is 0. The quantitative estimate of drug-likeness (QED) is 0.556. The van der Waals surface area contributed by atoms with E-state index < -0.39 is 0 Å². The third-order valence-electron chi connectivity index (χ3n) is 3.27. The highest BCUT2D eigenvalue weighted by atomic mass is 15.0. The van der Waals surface area contributed by atoms with Gasteiger partial charge in [-0.05, 0) is 30.2 Å². The molecule has 2 atom stereocenters. The third kappa shape index (κ3) is 0.586. The molecule has 1 saturated heterocycles. The molecule has 1 aliphatic carbocycles. The van der Waals surface area contributed by atoms with E-state index in [1.54, 1.807) is 0 Å². The zero-order chi connectivity index (χ0) is 6.48. The minimum atomic E-state index is 0.750.